The monoisotopic (exact) mass is 437 g/mol. The Kier molecular flexibility index (Phi) is 5.60. The van der Waals surface area contributed by atoms with Crippen LogP contribution in [0.4, 0.5) is 4.79 Å². The zero-order chi connectivity index (χ0) is 22.3. The standard InChI is InChI=1S/C25H27NO4S/c1-14-15(2)17(4)22-20(16(14)3)10-11-25(5,30-22)13-29-19-8-6-18(7-9-19)12-21-23(27)26-24(28)31-21/h6-9,12H,10-11,13H2,1-5H3,(H,26,27,28)/b21-12-. The van der Waals surface area contributed by atoms with Gasteiger partial charge in [0, 0.05) is 0 Å². The molecule has 0 bridgehead atoms. The molecule has 5 nitrogen and oxygen atoms in total. The SMILES string of the molecule is Cc1c(C)c(C)c2c(c1C)CCC(C)(COc1ccc(/C=C3\SC(=O)NC3=O)cc1)O2. The normalized spacial score (nSPS) is 21.6. The number of thioether (sulfide) groups is 1. The van der Waals surface area contributed by atoms with Crippen LogP contribution in [0, 0.1) is 27.7 Å². The van der Waals surface area contributed by atoms with Gasteiger partial charge in [-0.2, -0.15) is 0 Å². The Morgan fingerprint density at radius 2 is 1.74 bits per heavy atom. The first-order chi connectivity index (χ1) is 14.7. The van der Waals surface area contributed by atoms with E-state index in [1.54, 1.807) is 6.08 Å². The number of hydrogen-bond acceptors (Lipinski definition) is 5. The number of rotatable bonds is 4. The van der Waals surface area contributed by atoms with Gasteiger partial charge in [0.2, 0.25) is 0 Å². The molecule has 2 aliphatic heterocycles. The first-order valence-corrected chi connectivity index (χ1v) is 11.2. The van der Waals surface area contributed by atoms with E-state index in [0.717, 1.165) is 41.7 Å². The van der Waals surface area contributed by atoms with E-state index in [4.69, 9.17) is 9.47 Å². The molecular weight excluding hydrogens is 410 g/mol. The lowest BCUT2D eigenvalue weighted by atomic mass is 9.85. The van der Waals surface area contributed by atoms with Crippen LogP contribution in [0.15, 0.2) is 29.2 Å². The van der Waals surface area contributed by atoms with Crippen molar-refractivity contribution in [1.82, 2.24) is 5.32 Å². The van der Waals surface area contributed by atoms with Gasteiger partial charge >= 0.3 is 0 Å². The number of amides is 2. The number of hydrogen-bond donors (Lipinski definition) is 1. The zero-order valence-corrected chi connectivity index (χ0v) is 19.4. The first kappa shape index (κ1) is 21.5. The highest BCUT2D eigenvalue weighted by molar-refractivity contribution is 8.18. The molecule has 0 aliphatic carbocycles. The third-order valence-corrected chi connectivity index (χ3v) is 7.18. The Labute approximate surface area is 187 Å². The molecular formula is C25H27NO4S. The lowest BCUT2D eigenvalue weighted by Gasteiger charge is -2.38. The molecule has 6 heteroatoms. The van der Waals surface area contributed by atoms with Crippen molar-refractivity contribution in [3.05, 3.63) is 62.6 Å². The maximum Gasteiger partial charge on any atom is 0.290 e. The number of ether oxygens (including phenoxy) is 2. The summed E-state index contributed by atoms with van der Waals surface area (Å²) >= 11 is 0.913. The van der Waals surface area contributed by atoms with Crippen LogP contribution in [-0.4, -0.2) is 23.4 Å². The van der Waals surface area contributed by atoms with Gasteiger partial charge < -0.3 is 9.47 Å². The third kappa shape index (κ3) is 4.22. The van der Waals surface area contributed by atoms with E-state index in [9.17, 15) is 9.59 Å². The number of fused-ring (bicyclic) bond motifs is 1. The molecule has 0 spiro atoms. The smallest absolute Gasteiger partial charge is 0.290 e. The summed E-state index contributed by atoms with van der Waals surface area (Å²) < 4.78 is 12.6. The predicted molar refractivity (Wildman–Crippen MR) is 124 cm³/mol. The van der Waals surface area contributed by atoms with Crippen LogP contribution < -0.4 is 14.8 Å². The average Bonchev–Trinajstić information content (AvgIpc) is 3.06. The molecule has 1 N–H and O–H groups in total. The van der Waals surface area contributed by atoms with E-state index < -0.39 is 5.60 Å². The number of carbonyl (C=O) groups is 2. The van der Waals surface area contributed by atoms with Gasteiger partial charge in [-0.1, -0.05) is 12.1 Å². The summed E-state index contributed by atoms with van der Waals surface area (Å²) in [6.07, 6.45) is 3.58. The van der Waals surface area contributed by atoms with Crippen molar-refractivity contribution in [2.75, 3.05) is 6.61 Å². The van der Waals surface area contributed by atoms with Gasteiger partial charge in [0.15, 0.2) is 0 Å². The summed E-state index contributed by atoms with van der Waals surface area (Å²) in [4.78, 5) is 23.4. The first-order valence-electron chi connectivity index (χ1n) is 10.4. The molecule has 2 aromatic carbocycles. The summed E-state index contributed by atoms with van der Waals surface area (Å²) in [6.45, 7) is 11.2. The average molecular weight is 438 g/mol. The quantitative estimate of drug-likeness (QED) is 0.648. The minimum atomic E-state index is -0.397. The van der Waals surface area contributed by atoms with Gasteiger partial charge in [0.1, 0.15) is 23.7 Å². The maximum absolute atomic E-state index is 11.7. The number of benzene rings is 2. The van der Waals surface area contributed by atoms with E-state index in [0.29, 0.717) is 11.5 Å². The van der Waals surface area contributed by atoms with Crippen LogP contribution in [0.25, 0.3) is 6.08 Å². The van der Waals surface area contributed by atoms with Gasteiger partial charge in [-0.15, -0.1) is 0 Å². The molecule has 2 heterocycles. The number of carbonyl (C=O) groups excluding carboxylic acids is 2. The lowest BCUT2D eigenvalue weighted by Crippen LogP contribution is -2.42. The van der Waals surface area contributed by atoms with Crippen molar-refractivity contribution in [1.29, 1.82) is 0 Å². The second-order valence-electron chi connectivity index (χ2n) is 8.57. The maximum atomic E-state index is 11.7. The second-order valence-corrected chi connectivity index (χ2v) is 9.58. The molecule has 2 aliphatic rings. The molecule has 2 amide bonds. The summed E-state index contributed by atoms with van der Waals surface area (Å²) in [5.74, 6) is 1.40. The van der Waals surface area contributed by atoms with Crippen molar-refractivity contribution in [3.8, 4) is 11.5 Å². The fourth-order valence-electron chi connectivity index (χ4n) is 4.05. The van der Waals surface area contributed by atoms with Gasteiger partial charge in [-0.05, 0) is 111 Å². The van der Waals surface area contributed by atoms with E-state index in [2.05, 4.69) is 39.9 Å². The molecule has 162 valence electrons. The Morgan fingerprint density at radius 1 is 1.06 bits per heavy atom. The van der Waals surface area contributed by atoms with E-state index in [1.165, 1.54) is 27.8 Å². The van der Waals surface area contributed by atoms with Crippen LogP contribution in [0.5, 0.6) is 11.5 Å². The van der Waals surface area contributed by atoms with Gasteiger partial charge in [-0.25, -0.2) is 0 Å². The molecule has 2 aromatic rings. The molecule has 1 atom stereocenters. The Bertz CT molecular complexity index is 1100. The summed E-state index contributed by atoms with van der Waals surface area (Å²) in [5, 5.41) is 1.92. The van der Waals surface area contributed by atoms with Gasteiger partial charge in [0.05, 0.1) is 4.91 Å². The summed E-state index contributed by atoms with van der Waals surface area (Å²) in [7, 11) is 0. The largest absolute Gasteiger partial charge is 0.489 e. The molecule has 31 heavy (non-hydrogen) atoms. The van der Waals surface area contributed by atoms with Crippen molar-refractivity contribution >= 4 is 29.0 Å². The second kappa shape index (κ2) is 8.08. The van der Waals surface area contributed by atoms with Gasteiger partial charge in [-0.3, -0.25) is 14.9 Å². The fraction of sp³-hybridized carbons (Fsp3) is 0.360. The minimum Gasteiger partial charge on any atom is -0.489 e. The topological polar surface area (TPSA) is 64.6 Å². The Balaban J connectivity index is 1.45. The molecule has 1 fully saturated rings. The van der Waals surface area contributed by atoms with E-state index in [-0.39, 0.29) is 11.1 Å². The Morgan fingerprint density at radius 3 is 2.39 bits per heavy atom. The molecule has 0 aromatic heterocycles. The molecule has 1 saturated heterocycles. The van der Waals surface area contributed by atoms with Crippen LogP contribution in [0.2, 0.25) is 0 Å². The molecule has 0 saturated carbocycles. The van der Waals surface area contributed by atoms with Crippen LogP contribution >= 0.6 is 11.8 Å². The van der Waals surface area contributed by atoms with Gasteiger partial charge in [0.25, 0.3) is 11.1 Å². The number of nitrogens with one attached hydrogen (secondary N) is 1. The van der Waals surface area contributed by atoms with Crippen molar-refractivity contribution in [3.63, 3.8) is 0 Å². The molecule has 4 rings (SSSR count). The fourth-order valence-corrected chi connectivity index (χ4v) is 4.73. The Hall–Kier alpha value is -2.73. The minimum absolute atomic E-state index is 0.339. The van der Waals surface area contributed by atoms with Crippen molar-refractivity contribution in [2.24, 2.45) is 0 Å². The lowest BCUT2D eigenvalue weighted by molar-refractivity contribution is -0.115. The highest BCUT2D eigenvalue weighted by Gasteiger charge is 2.35. The van der Waals surface area contributed by atoms with Crippen molar-refractivity contribution in [2.45, 2.75) is 53.1 Å². The van der Waals surface area contributed by atoms with Crippen LogP contribution in [-0.2, 0) is 11.2 Å². The zero-order valence-electron chi connectivity index (χ0n) is 18.5. The van der Waals surface area contributed by atoms with Crippen LogP contribution in [0.1, 0.15) is 46.7 Å². The molecule has 0 radical (unpaired) electrons. The molecule has 1 unspecified atom stereocenters. The van der Waals surface area contributed by atoms with Crippen LogP contribution in [0.3, 0.4) is 0 Å². The third-order valence-electron chi connectivity index (χ3n) is 6.37. The number of imide groups is 1. The summed E-state index contributed by atoms with van der Waals surface area (Å²) in [5.41, 5.74) is 6.96. The van der Waals surface area contributed by atoms with Crippen molar-refractivity contribution < 1.29 is 19.1 Å². The summed E-state index contributed by atoms with van der Waals surface area (Å²) in [6, 6.07) is 7.49. The van der Waals surface area contributed by atoms with E-state index >= 15 is 0 Å². The predicted octanol–water partition coefficient (Wildman–Crippen LogP) is 5.41. The van der Waals surface area contributed by atoms with E-state index in [1.807, 2.05) is 24.3 Å². The highest BCUT2D eigenvalue weighted by atomic mass is 32.2. The highest BCUT2D eigenvalue weighted by Crippen LogP contribution is 2.41.